The number of nitrogens with one attached hydrogen (secondary N) is 1. The van der Waals surface area contributed by atoms with E-state index in [1.165, 1.54) is 13.0 Å². The Hall–Kier alpha value is -2.23. The molecule has 8 nitrogen and oxygen atoms in total. The molecule has 1 aromatic heterocycles. The molecule has 2 N–H and O–H groups in total. The van der Waals surface area contributed by atoms with E-state index in [4.69, 9.17) is 4.52 Å². The molecule has 0 fully saturated rings. The summed E-state index contributed by atoms with van der Waals surface area (Å²) in [6.45, 7) is 4.04. The Morgan fingerprint density at radius 2 is 2.15 bits per heavy atom. The second-order valence-corrected chi connectivity index (χ2v) is 8.14. The Balaban J connectivity index is 1.73. The zero-order valence-electron chi connectivity index (χ0n) is 14.6. The molecule has 0 unspecified atom stereocenters. The maximum Gasteiger partial charge on any atom is 0.251 e. The van der Waals surface area contributed by atoms with Gasteiger partial charge in [0.15, 0.2) is 0 Å². The van der Waals surface area contributed by atoms with Crippen LogP contribution in [0.3, 0.4) is 0 Å². The highest BCUT2D eigenvalue weighted by Crippen LogP contribution is 2.23. The fourth-order valence-corrected chi connectivity index (χ4v) is 3.95. The number of sulfonamides is 1. The largest absolute Gasteiger partial charge is 0.384 e. The second-order valence-electron chi connectivity index (χ2n) is 6.37. The number of carbonyl (C=O) groups excluding carboxylic acids is 1. The zero-order chi connectivity index (χ0) is 18.9. The number of benzene rings is 1. The van der Waals surface area contributed by atoms with Crippen molar-refractivity contribution in [3.63, 3.8) is 0 Å². The van der Waals surface area contributed by atoms with E-state index in [0.29, 0.717) is 31.0 Å². The number of hydrogen-bond acceptors (Lipinski definition) is 6. The number of nitrogens with zero attached hydrogens (tertiary/aromatic N) is 2. The molecule has 1 amide bonds. The minimum absolute atomic E-state index is 0.0490. The van der Waals surface area contributed by atoms with E-state index in [0.717, 1.165) is 11.1 Å². The molecule has 140 valence electrons. The SMILES string of the molecule is Cc1cc(CNS(=O)(=O)c2ccc3c(c2)CCN(C(=O)[C@H](C)O)C3)no1. The number of aromatic nitrogens is 1. The van der Waals surface area contributed by atoms with Crippen molar-refractivity contribution in [1.82, 2.24) is 14.8 Å². The molecule has 0 saturated carbocycles. The van der Waals surface area contributed by atoms with Gasteiger partial charge < -0.3 is 14.5 Å². The van der Waals surface area contributed by atoms with Gasteiger partial charge in [0.25, 0.3) is 5.91 Å². The molecule has 0 bridgehead atoms. The number of aryl methyl sites for hydroxylation is 1. The first-order chi connectivity index (χ1) is 12.3. The molecule has 1 atom stereocenters. The summed E-state index contributed by atoms with van der Waals surface area (Å²) in [5, 5.41) is 13.2. The Labute approximate surface area is 151 Å². The summed E-state index contributed by atoms with van der Waals surface area (Å²) in [6, 6.07) is 6.54. The lowest BCUT2D eigenvalue weighted by Crippen LogP contribution is -2.41. The van der Waals surface area contributed by atoms with E-state index in [9.17, 15) is 18.3 Å². The van der Waals surface area contributed by atoms with Crippen LogP contribution in [-0.2, 0) is 34.3 Å². The van der Waals surface area contributed by atoms with Crippen LogP contribution in [0.1, 0.15) is 29.5 Å². The molecule has 26 heavy (non-hydrogen) atoms. The molecule has 1 aliphatic heterocycles. The predicted molar refractivity (Wildman–Crippen MR) is 92.5 cm³/mol. The van der Waals surface area contributed by atoms with Gasteiger partial charge in [-0.1, -0.05) is 11.2 Å². The lowest BCUT2D eigenvalue weighted by Gasteiger charge is -2.30. The van der Waals surface area contributed by atoms with E-state index < -0.39 is 16.1 Å². The summed E-state index contributed by atoms with van der Waals surface area (Å²) in [5.41, 5.74) is 2.28. The van der Waals surface area contributed by atoms with Crippen molar-refractivity contribution >= 4 is 15.9 Å². The highest BCUT2D eigenvalue weighted by atomic mass is 32.2. The molecule has 0 saturated heterocycles. The van der Waals surface area contributed by atoms with Gasteiger partial charge in [0.2, 0.25) is 10.0 Å². The Morgan fingerprint density at radius 1 is 1.38 bits per heavy atom. The zero-order valence-corrected chi connectivity index (χ0v) is 15.4. The van der Waals surface area contributed by atoms with Crippen molar-refractivity contribution in [3.8, 4) is 0 Å². The molecule has 0 aliphatic carbocycles. The maximum atomic E-state index is 12.5. The van der Waals surface area contributed by atoms with Crippen molar-refractivity contribution < 1.29 is 22.8 Å². The number of aliphatic hydroxyl groups is 1. The highest BCUT2D eigenvalue weighted by Gasteiger charge is 2.25. The first kappa shape index (κ1) is 18.6. The van der Waals surface area contributed by atoms with E-state index >= 15 is 0 Å². The van der Waals surface area contributed by atoms with Crippen LogP contribution in [-0.4, -0.2) is 42.1 Å². The van der Waals surface area contributed by atoms with Crippen LogP contribution in [0.5, 0.6) is 0 Å². The fraction of sp³-hybridized carbons (Fsp3) is 0.412. The molecular formula is C17H21N3O5S. The summed E-state index contributed by atoms with van der Waals surface area (Å²) < 4.78 is 32.4. The smallest absolute Gasteiger partial charge is 0.251 e. The molecule has 0 spiro atoms. The van der Waals surface area contributed by atoms with Gasteiger partial charge in [0.1, 0.15) is 11.9 Å². The molecule has 2 heterocycles. The van der Waals surface area contributed by atoms with Crippen LogP contribution in [0, 0.1) is 6.92 Å². The molecule has 1 aromatic carbocycles. The van der Waals surface area contributed by atoms with Gasteiger partial charge in [0, 0.05) is 19.2 Å². The second kappa shape index (κ2) is 7.18. The van der Waals surface area contributed by atoms with Gasteiger partial charge in [-0.15, -0.1) is 0 Å². The summed E-state index contributed by atoms with van der Waals surface area (Å²) in [7, 11) is -3.68. The highest BCUT2D eigenvalue weighted by molar-refractivity contribution is 7.89. The van der Waals surface area contributed by atoms with Crippen LogP contribution >= 0.6 is 0 Å². The number of hydrogen-bond donors (Lipinski definition) is 2. The van der Waals surface area contributed by atoms with Crippen LogP contribution in [0.4, 0.5) is 0 Å². The Bertz CT molecular complexity index is 920. The van der Waals surface area contributed by atoms with Crippen molar-refractivity contribution in [3.05, 3.63) is 46.8 Å². The third kappa shape index (κ3) is 3.95. The van der Waals surface area contributed by atoms with Crippen molar-refractivity contribution in [2.45, 2.75) is 44.4 Å². The predicted octanol–water partition coefficient (Wildman–Crippen LogP) is 0.727. The summed E-state index contributed by atoms with van der Waals surface area (Å²) in [4.78, 5) is 13.7. The number of aliphatic hydroxyl groups excluding tert-OH is 1. The molecule has 1 aliphatic rings. The normalized spacial score (nSPS) is 15.6. The van der Waals surface area contributed by atoms with E-state index in [2.05, 4.69) is 9.88 Å². The van der Waals surface area contributed by atoms with Crippen molar-refractivity contribution in [2.24, 2.45) is 0 Å². The standard InChI is InChI=1S/C17H21N3O5S/c1-11-7-15(19-25-11)9-18-26(23,24)16-4-3-14-10-20(17(22)12(2)21)6-5-13(14)8-16/h3-4,7-8,12,18,21H,5-6,9-10H2,1-2H3/t12-/m0/s1. The fourth-order valence-electron chi connectivity index (χ4n) is 2.90. The van der Waals surface area contributed by atoms with Gasteiger partial charge in [-0.3, -0.25) is 4.79 Å². The maximum absolute atomic E-state index is 12.5. The van der Waals surface area contributed by atoms with Gasteiger partial charge in [-0.25, -0.2) is 13.1 Å². The quantitative estimate of drug-likeness (QED) is 0.792. The first-order valence-electron chi connectivity index (χ1n) is 8.27. The van der Waals surface area contributed by atoms with Crippen LogP contribution in [0.2, 0.25) is 0 Å². The molecular weight excluding hydrogens is 358 g/mol. The lowest BCUT2D eigenvalue weighted by atomic mass is 9.99. The van der Waals surface area contributed by atoms with Crippen LogP contribution < -0.4 is 4.72 Å². The van der Waals surface area contributed by atoms with E-state index in [-0.39, 0.29) is 17.3 Å². The monoisotopic (exact) mass is 379 g/mol. The van der Waals surface area contributed by atoms with Gasteiger partial charge in [-0.05, 0) is 43.5 Å². The van der Waals surface area contributed by atoms with Gasteiger partial charge >= 0.3 is 0 Å². The number of carbonyl (C=O) groups is 1. The average Bonchev–Trinajstić information content (AvgIpc) is 3.04. The minimum Gasteiger partial charge on any atom is -0.384 e. The van der Waals surface area contributed by atoms with Crippen LogP contribution in [0.15, 0.2) is 33.7 Å². The van der Waals surface area contributed by atoms with Gasteiger partial charge in [-0.2, -0.15) is 0 Å². The third-order valence-electron chi connectivity index (χ3n) is 4.29. The minimum atomic E-state index is -3.68. The summed E-state index contributed by atoms with van der Waals surface area (Å²) >= 11 is 0. The molecule has 0 radical (unpaired) electrons. The van der Waals surface area contributed by atoms with Crippen molar-refractivity contribution in [1.29, 1.82) is 0 Å². The summed E-state index contributed by atoms with van der Waals surface area (Å²) in [5.74, 6) is 0.293. The Kier molecular flexibility index (Phi) is 5.12. The topological polar surface area (TPSA) is 113 Å². The van der Waals surface area contributed by atoms with E-state index in [1.54, 1.807) is 30.0 Å². The summed E-state index contributed by atoms with van der Waals surface area (Å²) in [6.07, 6.45) is -0.500. The molecule has 2 aromatic rings. The van der Waals surface area contributed by atoms with Crippen LogP contribution in [0.25, 0.3) is 0 Å². The molecule has 9 heteroatoms. The number of amides is 1. The third-order valence-corrected chi connectivity index (χ3v) is 5.69. The lowest BCUT2D eigenvalue weighted by molar-refractivity contribution is -0.140. The number of fused-ring (bicyclic) bond motifs is 1. The van der Waals surface area contributed by atoms with Crippen molar-refractivity contribution in [2.75, 3.05) is 6.54 Å². The first-order valence-corrected chi connectivity index (χ1v) is 9.75. The van der Waals surface area contributed by atoms with Gasteiger partial charge in [0.05, 0.1) is 17.1 Å². The Morgan fingerprint density at radius 3 is 2.81 bits per heavy atom. The number of rotatable bonds is 5. The molecule has 3 rings (SSSR count). The average molecular weight is 379 g/mol. The van der Waals surface area contributed by atoms with E-state index in [1.807, 2.05) is 0 Å².